The lowest BCUT2D eigenvalue weighted by Gasteiger charge is -2.33. The Morgan fingerprint density at radius 3 is 3.09 bits per heavy atom. The maximum Gasteiger partial charge on any atom is 0.225 e. The molecule has 1 N–H and O–H groups in total. The molecule has 0 spiro atoms. The second-order valence-electron chi connectivity index (χ2n) is 6.75. The lowest BCUT2D eigenvalue weighted by atomic mass is 9.97. The average Bonchev–Trinajstić information content (AvgIpc) is 3.30. The molecule has 7 heteroatoms. The Morgan fingerprint density at radius 1 is 1.39 bits per heavy atom. The van der Waals surface area contributed by atoms with Crippen molar-refractivity contribution in [2.45, 2.75) is 32.6 Å². The van der Waals surface area contributed by atoms with E-state index in [0.29, 0.717) is 17.7 Å². The number of aryl methyl sites for hydroxylation is 1. The number of nitrogens with one attached hydrogen (secondary N) is 1. The highest BCUT2D eigenvalue weighted by molar-refractivity contribution is 5.81. The predicted molar refractivity (Wildman–Crippen MR) is 86.0 cm³/mol. The van der Waals surface area contributed by atoms with E-state index in [9.17, 15) is 4.79 Å². The lowest BCUT2D eigenvalue weighted by molar-refractivity contribution is -0.134. The van der Waals surface area contributed by atoms with Gasteiger partial charge in [-0.05, 0) is 44.6 Å². The Kier molecular flexibility index (Phi) is 3.63. The van der Waals surface area contributed by atoms with E-state index in [-0.39, 0.29) is 0 Å². The van der Waals surface area contributed by atoms with E-state index in [0.717, 1.165) is 62.3 Å². The van der Waals surface area contributed by atoms with Crippen LogP contribution < -0.4 is 5.32 Å². The van der Waals surface area contributed by atoms with Gasteiger partial charge in [0.1, 0.15) is 6.33 Å². The number of hydrogen-bond acceptors (Lipinski definition) is 5. The van der Waals surface area contributed by atoms with Crippen LogP contribution in [0.25, 0.3) is 5.65 Å². The van der Waals surface area contributed by atoms with Gasteiger partial charge in [0.2, 0.25) is 11.6 Å². The number of likely N-dealkylation sites (tertiary alicyclic amines) is 1. The fraction of sp³-hybridized carbons (Fsp3) is 0.625. The molecule has 1 aliphatic carbocycles. The van der Waals surface area contributed by atoms with E-state index < -0.39 is 0 Å². The van der Waals surface area contributed by atoms with Crippen LogP contribution in [0.4, 0.5) is 5.69 Å². The number of rotatable bonds is 4. The highest BCUT2D eigenvalue weighted by atomic mass is 16.2. The minimum Gasteiger partial charge on any atom is -0.382 e. The third-order valence-electron chi connectivity index (χ3n) is 4.73. The number of nitrogens with zero attached hydrogens (tertiary/aromatic N) is 5. The van der Waals surface area contributed by atoms with Crippen molar-refractivity contribution in [2.24, 2.45) is 11.8 Å². The highest BCUT2D eigenvalue weighted by Gasteiger charge is 2.35. The fourth-order valence-electron chi connectivity index (χ4n) is 3.36. The summed E-state index contributed by atoms with van der Waals surface area (Å²) in [6.45, 7) is 4.60. The summed E-state index contributed by atoms with van der Waals surface area (Å²) < 4.78 is 1.70. The normalized spacial score (nSPS) is 21.6. The minimum atomic E-state index is 0.320. The van der Waals surface area contributed by atoms with Gasteiger partial charge >= 0.3 is 0 Å². The fourth-order valence-corrected chi connectivity index (χ4v) is 3.36. The van der Waals surface area contributed by atoms with Gasteiger partial charge in [0.15, 0.2) is 0 Å². The summed E-state index contributed by atoms with van der Waals surface area (Å²) in [5, 5.41) is 15.9. The lowest BCUT2D eigenvalue weighted by Crippen LogP contribution is -2.42. The molecule has 1 saturated carbocycles. The van der Waals surface area contributed by atoms with E-state index in [1.54, 1.807) is 10.8 Å². The molecule has 1 aliphatic heterocycles. The van der Waals surface area contributed by atoms with Gasteiger partial charge in [0, 0.05) is 25.6 Å². The molecular weight excluding hydrogens is 292 g/mol. The van der Waals surface area contributed by atoms with Crippen LogP contribution in [-0.2, 0) is 4.79 Å². The molecule has 122 valence electrons. The zero-order chi connectivity index (χ0) is 15.8. The van der Waals surface area contributed by atoms with Gasteiger partial charge in [-0.3, -0.25) is 4.79 Å². The van der Waals surface area contributed by atoms with E-state index in [1.807, 2.05) is 13.0 Å². The van der Waals surface area contributed by atoms with Crippen LogP contribution in [0.15, 0.2) is 12.4 Å². The van der Waals surface area contributed by atoms with Crippen molar-refractivity contribution in [3.8, 4) is 0 Å². The van der Waals surface area contributed by atoms with Crippen LogP contribution in [0.1, 0.15) is 31.4 Å². The van der Waals surface area contributed by atoms with Gasteiger partial charge in [-0.1, -0.05) is 0 Å². The molecule has 1 amide bonds. The third-order valence-corrected chi connectivity index (χ3v) is 4.73. The quantitative estimate of drug-likeness (QED) is 0.925. The van der Waals surface area contributed by atoms with Crippen molar-refractivity contribution in [3.63, 3.8) is 0 Å². The first-order valence-electron chi connectivity index (χ1n) is 8.41. The summed E-state index contributed by atoms with van der Waals surface area (Å²) in [4.78, 5) is 14.3. The van der Waals surface area contributed by atoms with Crippen molar-refractivity contribution in [2.75, 3.05) is 25.0 Å². The standard InChI is InChI=1S/C16H22N6O/c1-11-7-14(15-19-18-10-22(15)20-11)17-8-12-3-2-6-21(9-12)16(23)13-4-5-13/h7,10,12-13,17H,2-6,8-9H2,1H3. The number of fused-ring (bicyclic) bond motifs is 1. The van der Waals surface area contributed by atoms with Gasteiger partial charge in [0.25, 0.3) is 0 Å². The highest BCUT2D eigenvalue weighted by Crippen LogP contribution is 2.32. The van der Waals surface area contributed by atoms with Crippen LogP contribution in [-0.4, -0.2) is 50.3 Å². The number of amides is 1. The summed E-state index contributed by atoms with van der Waals surface area (Å²) in [5.41, 5.74) is 2.63. The molecule has 1 atom stereocenters. The summed E-state index contributed by atoms with van der Waals surface area (Å²) >= 11 is 0. The van der Waals surface area contributed by atoms with Gasteiger partial charge in [-0.2, -0.15) is 9.61 Å². The molecule has 0 bridgehead atoms. The summed E-state index contributed by atoms with van der Waals surface area (Å²) in [6, 6.07) is 2.00. The molecule has 1 saturated heterocycles. The summed E-state index contributed by atoms with van der Waals surface area (Å²) in [5.74, 6) is 1.18. The van der Waals surface area contributed by atoms with Crippen molar-refractivity contribution < 1.29 is 4.79 Å². The van der Waals surface area contributed by atoms with Crippen LogP contribution in [0.3, 0.4) is 0 Å². The van der Waals surface area contributed by atoms with Crippen molar-refractivity contribution in [3.05, 3.63) is 18.1 Å². The summed E-state index contributed by atoms with van der Waals surface area (Å²) in [7, 11) is 0. The first-order valence-corrected chi connectivity index (χ1v) is 8.41. The predicted octanol–water partition coefficient (Wildman–Crippen LogP) is 1.49. The van der Waals surface area contributed by atoms with Crippen LogP contribution in [0.5, 0.6) is 0 Å². The monoisotopic (exact) mass is 314 g/mol. The van der Waals surface area contributed by atoms with Gasteiger partial charge in [0.05, 0.1) is 11.4 Å². The van der Waals surface area contributed by atoms with E-state index >= 15 is 0 Å². The maximum absolute atomic E-state index is 12.2. The average molecular weight is 314 g/mol. The number of carbonyl (C=O) groups excluding carboxylic acids is 1. The van der Waals surface area contributed by atoms with Crippen LogP contribution >= 0.6 is 0 Å². The Hall–Kier alpha value is -2.18. The van der Waals surface area contributed by atoms with Crippen molar-refractivity contribution >= 4 is 17.2 Å². The SMILES string of the molecule is Cc1cc(NCC2CCCN(C(=O)C3CC3)C2)c2nncn2n1. The van der Waals surface area contributed by atoms with E-state index in [4.69, 9.17) is 0 Å². The first-order chi connectivity index (χ1) is 11.2. The number of aromatic nitrogens is 4. The molecule has 2 aromatic rings. The molecule has 0 radical (unpaired) electrons. The zero-order valence-electron chi connectivity index (χ0n) is 13.4. The topological polar surface area (TPSA) is 75.4 Å². The molecular formula is C16H22N6O. The molecule has 3 heterocycles. The van der Waals surface area contributed by atoms with Crippen molar-refractivity contribution in [1.29, 1.82) is 0 Å². The second-order valence-corrected chi connectivity index (χ2v) is 6.75. The largest absolute Gasteiger partial charge is 0.382 e. The molecule has 2 aromatic heterocycles. The van der Waals surface area contributed by atoms with Crippen LogP contribution in [0.2, 0.25) is 0 Å². The Morgan fingerprint density at radius 2 is 2.26 bits per heavy atom. The number of piperidine rings is 1. The number of anilines is 1. The maximum atomic E-state index is 12.2. The number of hydrogen-bond donors (Lipinski definition) is 1. The molecule has 2 fully saturated rings. The van der Waals surface area contributed by atoms with Gasteiger partial charge < -0.3 is 10.2 Å². The summed E-state index contributed by atoms with van der Waals surface area (Å²) in [6.07, 6.45) is 6.04. The Labute approximate surface area is 135 Å². The smallest absolute Gasteiger partial charge is 0.225 e. The molecule has 1 unspecified atom stereocenters. The first kappa shape index (κ1) is 14.4. The Bertz CT molecular complexity index is 722. The van der Waals surface area contributed by atoms with E-state index in [1.165, 1.54) is 0 Å². The zero-order valence-corrected chi connectivity index (χ0v) is 13.4. The van der Waals surface area contributed by atoms with Crippen molar-refractivity contribution in [1.82, 2.24) is 24.7 Å². The molecule has 23 heavy (non-hydrogen) atoms. The molecule has 7 nitrogen and oxygen atoms in total. The second kappa shape index (κ2) is 5.79. The number of carbonyl (C=O) groups is 1. The molecule has 4 rings (SSSR count). The van der Waals surface area contributed by atoms with Gasteiger partial charge in [-0.15, -0.1) is 10.2 Å². The Balaban J connectivity index is 1.41. The van der Waals surface area contributed by atoms with Crippen LogP contribution in [0, 0.1) is 18.8 Å². The molecule has 0 aromatic carbocycles. The molecule has 2 aliphatic rings. The minimum absolute atomic E-state index is 0.320. The van der Waals surface area contributed by atoms with E-state index in [2.05, 4.69) is 25.5 Å². The third kappa shape index (κ3) is 3.00. The van der Waals surface area contributed by atoms with Gasteiger partial charge in [-0.25, -0.2) is 0 Å².